The van der Waals surface area contributed by atoms with E-state index in [4.69, 9.17) is 4.74 Å². The van der Waals surface area contributed by atoms with Crippen molar-refractivity contribution in [1.29, 1.82) is 0 Å². The number of carbonyl (C=O) groups is 1. The molecule has 0 saturated carbocycles. The Morgan fingerprint density at radius 1 is 1.59 bits per heavy atom. The van der Waals surface area contributed by atoms with E-state index in [0.29, 0.717) is 6.54 Å². The van der Waals surface area contributed by atoms with E-state index in [0.717, 1.165) is 24.5 Å². The average molecular weight is 238 g/mol. The third kappa shape index (κ3) is 2.41. The summed E-state index contributed by atoms with van der Waals surface area (Å²) in [5.41, 5.74) is 0.881. The Kier molecular flexibility index (Phi) is 3.33. The first kappa shape index (κ1) is 11.9. The van der Waals surface area contributed by atoms with Crippen molar-refractivity contribution in [3.63, 3.8) is 0 Å². The number of nitrogens with zero attached hydrogens (tertiary/aromatic N) is 3. The van der Waals surface area contributed by atoms with Crippen molar-refractivity contribution in [3.05, 3.63) is 11.8 Å². The molecule has 1 unspecified atom stereocenters. The predicted molar refractivity (Wildman–Crippen MR) is 62.6 cm³/mol. The van der Waals surface area contributed by atoms with Gasteiger partial charge in [-0.25, -0.2) is 4.68 Å². The number of ether oxygens (including phenoxy) is 1. The first-order chi connectivity index (χ1) is 8.11. The molecular formula is C11H18N4O2. The summed E-state index contributed by atoms with van der Waals surface area (Å²) in [7, 11) is 5.27. The fraction of sp³-hybridized carbons (Fsp3) is 0.636. The predicted octanol–water partition coefficient (Wildman–Crippen LogP) is -0.251. The smallest absolute Gasteiger partial charge is 0.239 e. The van der Waals surface area contributed by atoms with Gasteiger partial charge in [-0.15, -0.1) is 0 Å². The maximum absolute atomic E-state index is 11.7. The van der Waals surface area contributed by atoms with E-state index in [1.54, 1.807) is 16.7 Å². The maximum atomic E-state index is 11.7. The van der Waals surface area contributed by atoms with Gasteiger partial charge in [-0.3, -0.25) is 4.79 Å². The van der Waals surface area contributed by atoms with Crippen molar-refractivity contribution in [1.82, 2.24) is 20.0 Å². The minimum atomic E-state index is -0.0759. The maximum Gasteiger partial charge on any atom is 0.239 e. The zero-order valence-electron chi connectivity index (χ0n) is 10.4. The molecule has 1 aliphatic rings. The summed E-state index contributed by atoms with van der Waals surface area (Å²) in [5, 5.41) is 7.51. The van der Waals surface area contributed by atoms with Gasteiger partial charge in [0.05, 0.1) is 18.8 Å². The summed E-state index contributed by atoms with van der Waals surface area (Å²) >= 11 is 0. The van der Waals surface area contributed by atoms with Crippen LogP contribution in [-0.4, -0.2) is 47.3 Å². The lowest BCUT2D eigenvalue weighted by Crippen LogP contribution is -2.36. The highest BCUT2D eigenvalue weighted by Gasteiger charge is 2.28. The molecule has 0 aliphatic carbocycles. The standard InChI is InChI=1S/C11H18N4O2/c1-14-5-4-9(11(14)16)12-7-8-6-10(17-3)15(2)13-8/h6,9,12H,4-5,7H2,1-3H3. The number of likely N-dealkylation sites (N-methyl/N-ethyl adjacent to an activating group) is 1. The van der Waals surface area contributed by atoms with E-state index in [-0.39, 0.29) is 11.9 Å². The molecule has 0 radical (unpaired) electrons. The lowest BCUT2D eigenvalue weighted by Gasteiger charge is -2.10. The molecule has 1 N–H and O–H groups in total. The van der Waals surface area contributed by atoms with Crippen LogP contribution in [0.25, 0.3) is 0 Å². The van der Waals surface area contributed by atoms with Gasteiger partial charge in [-0.05, 0) is 6.42 Å². The van der Waals surface area contributed by atoms with Crippen LogP contribution in [0.1, 0.15) is 12.1 Å². The van der Waals surface area contributed by atoms with Gasteiger partial charge < -0.3 is 15.0 Å². The van der Waals surface area contributed by atoms with Crippen molar-refractivity contribution < 1.29 is 9.53 Å². The number of carbonyl (C=O) groups excluding carboxylic acids is 1. The number of aryl methyl sites for hydroxylation is 1. The van der Waals surface area contributed by atoms with Gasteiger partial charge in [0.15, 0.2) is 0 Å². The Morgan fingerprint density at radius 3 is 2.88 bits per heavy atom. The molecule has 2 rings (SSSR count). The average Bonchev–Trinajstić information content (AvgIpc) is 2.82. The van der Waals surface area contributed by atoms with Gasteiger partial charge in [0.25, 0.3) is 0 Å². The largest absolute Gasteiger partial charge is 0.481 e. The molecule has 0 aromatic carbocycles. The Balaban J connectivity index is 1.91. The van der Waals surface area contributed by atoms with Crippen molar-refractivity contribution in [2.24, 2.45) is 7.05 Å². The molecule has 17 heavy (non-hydrogen) atoms. The lowest BCUT2D eigenvalue weighted by atomic mass is 10.2. The number of hydrogen-bond acceptors (Lipinski definition) is 4. The molecular weight excluding hydrogens is 220 g/mol. The second-order valence-electron chi connectivity index (χ2n) is 4.28. The van der Waals surface area contributed by atoms with Crippen LogP contribution in [0.3, 0.4) is 0 Å². The van der Waals surface area contributed by atoms with Gasteiger partial charge in [-0.2, -0.15) is 5.10 Å². The Bertz CT molecular complexity index is 416. The second kappa shape index (κ2) is 4.75. The van der Waals surface area contributed by atoms with Crippen LogP contribution in [0.2, 0.25) is 0 Å². The number of aromatic nitrogens is 2. The Hall–Kier alpha value is -1.56. The normalized spacial score (nSPS) is 20.1. The molecule has 1 amide bonds. The zero-order chi connectivity index (χ0) is 12.4. The highest BCUT2D eigenvalue weighted by atomic mass is 16.5. The fourth-order valence-corrected chi connectivity index (χ4v) is 2.02. The van der Waals surface area contributed by atoms with Crippen LogP contribution < -0.4 is 10.1 Å². The first-order valence-corrected chi connectivity index (χ1v) is 5.67. The minimum absolute atomic E-state index is 0.0759. The Labute approximate surface area is 101 Å². The zero-order valence-corrected chi connectivity index (χ0v) is 10.4. The highest BCUT2D eigenvalue weighted by molar-refractivity contribution is 5.83. The van der Waals surface area contributed by atoms with Crippen molar-refractivity contribution in [2.45, 2.75) is 19.0 Å². The number of nitrogens with one attached hydrogen (secondary N) is 1. The molecule has 1 aromatic rings. The van der Waals surface area contributed by atoms with Crippen molar-refractivity contribution in [2.75, 3.05) is 20.7 Å². The van der Waals surface area contributed by atoms with Gasteiger partial charge in [0.2, 0.25) is 11.8 Å². The van der Waals surface area contributed by atoms with Crippen molar-refractivity contribution in [3.8, 4) is 5.88 Å². The molecule has 1 aromatic heterocycles. The summed E-state index contributed by atoms with van der Waals surface area (Å²) in [6.45, 7) is 1.41. The third-order valence-electron chi connectivity index (χ3n) is 3.05. The number of methoxy groups -OCH3 is 1. The minimum Gasteiger partial charge on any atom is -0.481 e. The van der Waals surface area contributed by atoms with E-state index in [9.17, 15) is 4.79 Å². The molecule has 6 heteroatoms. The van der Waals surface area contributed by atoms with Gasteiger partial charge in [0.1, 0.15) is 0 Å². The number of likely N-dealkylation sites (tertiary alicyclic amines) is 1. The van der Waals surface area contributed by atoms with E-state index in [1.807, 2.05) is 20.2 Å². The van der Waals surface area contributed by atoms with Crippen LogP contribution in [-0.2, 0) is 18.4 Å². The van der Waals surface area contributed by atoms with Crippen LogP contribution in [0.15, 0.2) is 6.07 Å². The second-order valence-corrected chi connectivity index (χ2v) is 4.28. The molecule has 1 saturated heterocycles. The molecule has 94 valence electrons. The molecule has 1 aliphatic heterocycles. The summed E-state index contributed by atoms with van der Waals surface area (Å²) in [5.74, 6) is 0.879. The monoisotopic (exact) mass is 238 g/mol. The van der Waals surface area contributed by atoms with Gasteiger partial charge in [-0.1, -0.05) is 0 Å². The molecule has 0 bridgehead atoms. The summed E-state index contributed by atoms with van der Waals surface area (Å²) in [6, 6.07) is 1.80. The summed E-state index contributed by atoms with van der Waals surface area (Å²) < 4.78 is 6.81. The van der Waals surface area contributed by atoms with Crippen LogP contribution in [0.4, 0.5) is 0 Å². The van der Waals surface area contributed by atoms with Gasteiger partial charge in [0, 0.05) is 33.3 Å². The van der Waals surface area contributed by atoms with E-state index in [1.165, 1.54) is 0 Å². The quantitative estimate of drug-likeness (QED) is 0.786. The topological polar surface area (TPSA) is 59.4 Å². The number of hydrogen-bond donors (Lipinski definition) is 1. The lowest BCUT2D eigenvalue weighted by molar-refractivity contribution is -0.128. The van der Waals surface area contributed by atoms with E-state index >= 15 is 0 Å². The first-order valence-electron chi connectivity index (χ1n) is 5.67. The SMILES string of the molecule is COc1cc(CNC2CCN(C)C2=O)nn1C. The molecule has 2 heterocycles. The fourth-order valence-electron chi connectivity index (χ4n) is 2.02. The van der Waals surface area contributed by atoms with Crippen LogP contribution in [0, 0.1) is 0 Å². The molecule has 0 spiro atoms. The van der Waals surface area contributed by atoms with Gasteiger partial charge >= 0.3 is 0 Å². The molecule has 1 atom stereocenters. The van der Waals surface area contributed by atoms with Crippen LogP contribution >= 0.6 is 0 Å². The van der Waals surface area contributed by atoms with Crippen molar-refractivity contribution >= 4 is 5.91 Å². The number of rotatable bonds is 4. The third-order valence-corrected chi connectivity index (χ3v) is 3.05. The summed E-state index contributed by atoms with van der Waals surface area (Å²) in [4.78, 5) is 13.4. The Morgan fingerprint density at radius 2 is 2.35 bits per heavy atom. The highest BCUT2D eigenvalue weighted by Crippen LogP contribution is 2.13. The van der Waals surface area contributed by atoms with E-state index < -0.39 is 0 Å². The summed E-state index contributed by atoms with van der Waals surface area (Å²) in [6.07, 6.45) is 0.860. The molecule has 1 fully saturated rings. The molecule has 6 nitrogen and oxygen atoms in total. The number of amides is 1. The van der Waals surface area contributed by atoms with E-state index in [2.05, 4.69) is 10.4 Å². The van der Waals surface area contributed by atoms with Crippen LogP contribution in [0.5, 0.6) is 5.88 Å².